The Balaban J connectivity index is 1.47. The van der Waals surface area contributed by atoms with Gasteiger partial charge in [-0.2, -0.15) is 0 Å². The van der Waals surface area contributed by atoms with Gasteiger partial charge in [0.2, 0.25) is 0 Å². The maximum absolute atomic E-state index is 13.0. The minimum atomic E-state index is -0.0162. The summed E-state index contributed by atoms with van der Waals surface area (Å²) < 4.78 is 10.9. The molecule has 2 aromatic rings. The van der Waals surface area contributed by atoms with E-state index in [1.54, 1.807) is 7.11 Å². The molecule has 1 saturated carbocycles. The van der Waals surface area contributed by atoms with Crippen LogP contribution in [0.25, 0.3) is 0 Å². The first-order valence-electron chi connectivity index (χ1n) is 10.2. The second-order valence-electron chi connectivity index (χ2n) is 8.10. The molecular weight excluding hydrogens is 354 g/mol. The summed E-state index contributed by atoms with van der Waals surface area (Å²) in [6.45, 7) is 3.31. The molecule has 1 atom stereocenters. The predicted molar refractivity (Wildman–Crippen MR) is 106 cm³/mol. The topological polar surface area (TPSA) is 67.6 Å². The van der Waals surface area contributed by atoms with Crippen molar-refractivity contribution in [2.45, 2.75) is 56.9 Å². The Morgan fingerprint density at radius 3 is 2.86 bits per heavy atom. The van der Waals surface area contributed by atoms with Crippen LogP contribution in [0, 0.1) is 6.92 Å². The van der Waals surface area contributed by atoms with Crippen molar-refractivity contribution in [1.29, 1.82) is 0 Å². The molecule has 1 N–H and O–H groups in total. The number of urea groups is 1. The fourth-order valence-corrected chi connectivity index (χ4v) is 4.76. The minimum absolute atomic E-state index is 0.00859. The van der Waals surface area contributed by atoms with Gasteiger partial charge in [-0.15, -0.1) is 0 Å². The first-order chi connectivity index (χ1) is 13.6. The van der Waals surface area contributed by atoms with Gasteiger partial charge in [-0.25, -0.2) is 4.79 Å². The number of carbonyl (C=O) groups is 1. The Morgan fingerprint density at radius 2 is 2.14 bits per heavy atom. The highest BCUT2D eigenvalue weighted by atomic mass is 16.5. The molecule has 1 aromatic heterocycles. The summed E-state index contributed by atoms with van der Waals surface area (Å²) in [6, 6.07) is 10.2. The van der Waals surface area contributed by atoms with E-state index in [0.717, 1.165) is 49.4 Å². The molecule has 1 saturated heterocycles. The van der Waals surface area contributed by atoms with E-state index in [1.165, 1.54) is 18.4 Å². The number of ether oxygens (including phenoxy) is 1. The molecular formula is C22H29N3O3. The van der Waals surface area contributed by atoms with Gasteiger partial charge in [0.25, 0.3) is 0 Å². The second kappa shape index (κ2) is 7.86. The summed E-state index contributed by atoms with van der Waals surface area (Å²) in [6.07, 6.45) is 6.46. The van der Waals surface area contributed by atoms with Crippen LogP contribution in [0.1, 0.15) is 61.6 Å². The molecule has 1 aliphatic carbocycles. The van der Waals surface area contributed by atoms with Gasteiger partial charge in [-0.3, -0.25) is 0 Å². The predicted octanol–water partition coefficient (Wildman–Crippen LogP) is 4.35. The molecule has 1 unspecified atom stereocenters. The number of aryl methyl sites for hydroxylation is 1. The van der Waals surface area contributed by atoms with Crippen LogP contribution in [0.5, 0.6) is 5.75 Å². The SMILES string of the molecule is COc1cccc(C2(CNC(=O)N3CCCC3c3cc(C)no3)CCCC2)c1. The molecule has 0 bridgehead atoms. The van der Waals surface area contributed by atoms with Crippen LogP contribution in [-0.2, 0) is 5.41 Å². The fourth-order valence-electron chi connectivity index (χ4n) is 4.76. The number of nitrogens with one attached hydrogen (secondary N) is 1. The highest BCUT2D eigenvalue weighted by molar-refractivity contribution is 5.75. The normalized spacial score (nSPS) is 21.1. The number of aromatic nitrogens is 1. The minimum Gasteiger partial charge on any atom is -0.497 e. The van der Waals surface area contributed by atoms with Crippen molar-refractivity contribution in [3.05, 3.63) is 47.3 Å². The van der Waals surface area contributed by atoms with E-state index in [2.05, 4.69) is 22.6 Å². The van der Waals surface area contributed by atoms with Gasteiger partial charge in [-0.1, -0.05) is 30.1 Å². The first-order valence-corrected chi connectivity index (χ1v) is 10.2. The van der Waals surface area contributed by atoms with Crippen LogP contribution in [0.3, 0.4) is 0 Å². The zero-order chi connectivity index (χ0) is 19.6. The number of likely N-dealkylation sites (tertiary alicyclic amines) is 1. The van der Waals surface area contributed by atoms with E-state index < -0.39 is 0 Å². The van der Waals surface area contributed by atoms with Crippen molar-refractivity contribution >= 4 is 6.03 Å². The number of nitrogens with zero attached hydrogens (tertiary/aromatic N) is 2. The maximum Gasteiger partial charge on any atom is 0.318 e. The van der Waals surface area contributed by atoms with E-state index in [-0.39, 0.29) is 17.5 Å². The molecule has 2 amide bonds. The highest BCUT2D eigenvalue weighted by Crippen LogP contribution is 2.42. The van der Waals surface area contributed by atoms with Gasteiger partial charge < -0.3 is 19.5 Å². The van der Waals surface area contributed by atoms with E-state index >= 15 is 0 Å². The van der Waals surface area contributed by atoms with Crippen LogP contribution in [0.15, 0.2) is 34.9 Å². The van der Waals surface area contributed by atoms with Crippen molar-refractivity contribution in [3.8, 4) is 5.75 Å². The summed E-state index contributed by atoms with van der Waals surface area (Å²) in [5.74, 6) is 1.66. The van der Waals surface area contributed by atoms with Crippen molar-refractivity contribution in [1.82, 2.24) is 15.4 Å². The number of rotatable bonds is 5. The lowest BCUT2D eigenvalue weighted by molar-refractivity contribution is 0.179. The van der Waals surface area contributed by atoms with Gasteiger partial charge >= 0.3 is 6.03 Å². The van der Waals surface area contributed by atoms with Gasteiger partial charge in [-0.05, 0) is 50.3 Å². The maximum atomic E-state index is 13.0. The van der Waals surface area contributed by atoms with Gasteiger partial charge in [0.1, 0.15) is 5.75 Å². The summed E-state index contributed by atoms with van der Waals surface area (Å²) in [5, 5.41) is 7.22. The quantitative estimate of drug-likeness (QED) is 0.833. The molecule has 2 aliphatic rings. The molecule has 2 fully saturated rings. The Labute approximate surface area is 166 Å². The lowest BCUT2D eigenvalue weighted by Crippen LogP contribution is -2.45. The summed E-state index contributed by atoms with van der Waals surface area (Å²) in [7, 11) is 1.70. The van der Waals surface area contributed by atoms with Crippen LogP contribution in [-0.4, -0.2) is 36.3 Å². The smallest absolute Gasteiger partial charge is 0.318 e. The summed E-state index contributed by atoms with van der Waals surface area (Å²) in [5.41, 5.74) is 2.10. The third-order valence-electron chi connectivity index (χ3n) is 6.31. The third kappa shape index (κ3) is 3.60. The Morgan fingerprint density at radius 1 is 1.32 bits per heavy atom. The third-order valence-corrected chi connectivity index (χ3v) is 6.31. The highest BCUT2D eigenvalue weighted by Gasteiger charge is 2.38. The average molecular weight is 383 g/mol. The molecule has 1 aliphatic heterocycles. The first kappa shape index (κ1) is 18.8. The zero-order valence-electron chi connectivity index (χ0n) is 16.7. The summed E-state index contributed by atoms with van der Waals surface area (Å²) in [4.78, 5) is 14.9. The van der Waals surface area contributed by atoms with E-state index in [0.29, 0.717) is 6.54 Å². The average Bonchev–Trinajstić information content (AvgIpc) is 3.47. The number of carbonyl (C=O) groups excluding carboxylic acids is 1. The lowest BCUT2D eigenvalue weighted by atomic mass is 9.78. The number of hydrogen-bond donors (Lipinski definition) is 1. The number of methoxy groups -OCH3 is 1. The Kier molecular flexibility index (Phi) is 5.29. The second-order valence-corrected chi connectivity index (χ2v) is 8.10. The monoisotopic (exact) mass is 383 g/mol. The number of hydrogen-bond acceptors (Lipinski definition) is 4. The van der Waals surface area contributed by atoms with Crippen molar-refractivity contribution in [3.63, 3.8) is 0 Å². The Bertz CT molecular complexity index is 826. The molecule has 0 spiro atoms. The standard InChI is InChI=1S/C22H29N3O3/c1-16-13-20(28-24-16)19-9-6-12-25(19)21(26)23-15-22(10-3-4-11-22)17-7-5-8-18(14-17)27-2/h5,7-8,13-14,19H,3-4,6,9-12,15H2,1-2H3,(H,23,26). The molecule has 6 nitrogen and oxygen atoms in total. The number of amides is 2. The molecule has 1 aromatic carbocycles. The van der Waals surface area contributed by atoms with Crippen molar-refractivity contribution < 1.29 is 14.1 Å². The van der Waals surface area contributed by atoms with E-state index in [4.69, 9.17) is 9.26 Å². The van der Waals surface area contributed by atoms with Gasteiger partial charge in [0, 0.05) is 24.6 Å². The van der Waals surface area contributed by atoms with Crippen LogP contribution in [0.2, 0.25) is 0 Å². The van der Waals surface area contributed by atoms with Crippen molar-refractivity contribution in [2.24, 2.45) is 0 Å². The molecule has 4 rings (SSSR count). The van der Waals surface area contributed by atoms with Crippen LogP contribution in [0.4, 0.5) is 4.79 Å². The molecule has 150 valence electrons. The van der Waals surface area contributed by atoms with Crippen molar-refractivity contribution in [2.75, 3.05) is 20.2 Å². The van der Waals surface area contributed by atoms with E-state index in [9.17, 15) is 4.79 Å². The summed E-state index contributed by atoms with van der Waals surface area (Å²) >= 11 is 0. The number of benzene rings is 1. The van der Waals surface area contributed by atoms with Gasteiger partial charge in [0.05, 0.1) is 18.8 Å². The zero-order valence-corrected chi connectivity index (χ0v) is 16.7. The van der Waals surface area contributed by atoms with E-state index in [1.807, 2.05) is 30.0 Å². The van der Waals surface area contributed by atoms with Crippen LogP contribution >= 0.6 is 0 Å². The van der Waals surface area contributed by atoms with Crippen LogP contribution < -0.4 is 10.1 Å². The molecule has 0 radical (unpaired) electrons. The van der Waals surface area contributed by atoms with Gasteiger partial charge in [0.15, 0.2) is 5.76 Å². The fraction of sp³-hybridized carbons (Fsp3) is 0.545. The molecule has 2 heterocycles. The Hall–Kier alpha value is -2.50. The lowest BCUT2D eigenvalue weighted by Gasteiger charge is -2.32. The largest absolute Gasteiger partial charge is 0.497 e. The molecule has 6 heteroatoms. The molecule has 28 heavy (non-hydrogen) atoms.